The molecule has 2 N–H and O–H groups in total. The lowest BCUT2D eigenvalue weighted by Gasteiger charge is -2.22. The molecule has 1 rings (SSSR count). The topological polar surface area (TPSA) is 82.5 Å². The van der Waals surface area contributed by atoms with Crippen molar-refractivity contribution in [3.05, 3.63) is 15.6 Å². The van der Waals surface area contributed by atoms with E-state index >= 15 is 0 Å². The number of rotatable bonds is 5. The zero-order chi connectivity index (χ0) is 15.4. The van der Waals surface area contributed by atoms with Gasteiger partial charge in [0.1, 0.15) is 0 Å². The molecular weight excluding hydrogens is 278 g/mol. The molecule has 0 radical (unpaired) electrons. The van der Waals surface area contributed by atoms with Gasteiger partial charge in [0.05, 0.1) is 22.7 Å². The van der Waals surface area contributed by atoms with Crippen LogP contribution in [-0.4, -0.2) is 40.6 Å². The van der Waals surface area contributed by atoms with Crippen molar-refractivity contribution in [1.29, 1.82) is 0 Å². The number of aryl methyl sites for hydroxylation is 2. The third-order valence-electron chi connectivity index (χ3n) is 2.99. The van der Waals surface area contributed by atoms with E-state index in [4.69, 9.17) is 5.11 Å². The molecule has 2 amide bonds. The minimum absolute atomic E-state index is 0.142. The second-order valence-electron chi connectivity index (χ2n) is 4.97. The van der Waals surface area contributed by atoms with E-state index in [1.165, 1.54) is 4.90 Å². The standard InChI is InChI=1S/C13H21N3O3S/c1-7(12(17)18)6-16(5)13(19)15-9(3)11-8(2)14-10(4)20-11/h7,9H,6H2,1-5H3,(H,15,19)(H,17,18). The van der Waals surface area contributed by atoms with Gasteiger partial charge in [0.15, 0.2) is 0 Å². The third-order valence-corrected chi connectivity index (χ3v) is 4.24. The summed E-state index contributed by atoms with van der Waals surface area (Å²) in [6.07, 6.45) is 0. The molecule has 2 unspecified atom stereocenters. The fourth-order valence-electron chi connectivity index (χ4n) is 1.88. The number of hydrogen-bond acceptors (Lipinski definition) is 4. The van der Waals surface area contributed by atoms with Crippen LogP contribution in [0.3, 0.4) is 0 Å². The van der Waals surface area contributed by atoms with Crippen molar-refractivity contribution in [3.8, 4) is 0 Å². The number of carboxylic acid groups (broad SMARTS) is 1. The smallest absolute Gasteiger partial charge is 0.317 e. The first-order valence-electron chi connectivity index (χ1n) is 6.40. The lowest BCUT2D eigenvalue weighted by molar-refractivity contribution is -0.141. The van der Waals surface area contributed by atoms with Crippen molar-refractivity contribution in [2.45, 2.75) is 33.7 Å². The predicted octanol–water partition coefficient (Wildman–Crippen LogP) is 2.18. The first kappa shape index (κ1) is 16.4. The number of thiazole rings is 1. The molecule has 0 aliphatic carbocycles. The maximum Gasteiger partial charge on any atom is 0.317 e. The van der Waals surface area contributed by atoms with Crippen LogP contribution in [0.1, 0.15) is 35.5 Å². The van der Waals surface area contributed by atoms with Crippen LogP contribution in [0.5, 0.6) is 0 Å². The zero-order valence-electron chi connectivity index (χ0n) is 12.4. The summed E-state index contributed by atoms with van der Waals surface area (Å²) in [5.74, 6) is -1.50. The minimum atomic E-state index is -0.911. The second kappa shape index (κ2) is 6.69. The fraction of sp³-hybridized carbons (Fsp3) is 0.615. The van der Waals surface area contributed by atoms with E-state index in [0.29, 0.717) is 0 Å². The van der Waals surface area contributed by atoms with E-state index in [9.17, 15) is 9.59 Å². The summed E-state index contributed by atoms with van der Waals surface area (Å²) in [7, 11) is 1.59. The van der Waals surface area contributed by atoms with Crippen molar-refractivity contribution < 1.29 is 14.7 Å². The van der Waals surface area contributed by atoms with Crippen LogP contribution in [0.2, 0.25) is 0 Å². The number of carboxylic acids is 1. The van der Waals surface area contributed by atoms with Gasteiger partial charge in [0.2, 0.25) is 0 Å². The van der Waals surface area contributed by atoms with E-state index in [1.807, 2.05) is 20.8 Å². The highest BCUT2D eigenvalue weighted by Crippen LogP contribution is 2.24. The van der Waals surface area contributed by atoms with E-state index < -0.39 is 11.9 Å². The molecule has 0 spiro atoms. The molecule has 1 heterocycles. The molecular formula is C13H21N3O3S. The first-order chi connectivity index (χ1) is 9.22. The Hall–Kier alpha value is -1.63. The number of carbonyl (C=O) groups is 2. The Balaban J connectivity index is 2.61. The van der Waals surface area contributed by atoms with Crippen LogP contribution < -0.4 is 5.32 Å². The predicted molar refractivity (Wildman–Crippen MR) is 78.0 cm³/mol. The molecule has 1 aromatic rings. The molecule has 20 heavy (non-hydrogen) atoms. The average molecular weight is 299 g/mol. The van der Waals surface area contributed by atoms with Crippen LogP contribution in [0.25, 0.3) is 0 Å². The van der Waals surface area contributed by atoms with Gasteiger partial charge in [0.25, 0.3) is 0 Å². The highest BCUT2D eigenvalue weighted by atomic mass is 32.1. The lowest BCUT2D eigenvalue weighted by Crippen LogP contribution is -2.41. The van der Waals surface area contributed by atoms with Gasteiger partial charge in [-0.3, -0.25) is 4.79 Å². The Kier molecular flexibility index (Phi) is 5.50. The van der Waals surface area contributed by atoms with Gasteiger partial charge < -0.3 is 15.3 Å². The summed E-state index contributed by atoms with van der Waals surface area (Å²) in [6, 6.07) is -0.424. The van der Waals surface area contributed by atoms with Crippen molar-refractivity contribution in [3.63, 3.8) is 0 Å². The maximum absolute atomic E-state index is 12.0. The monoisotopic (exact) mass is 299 g/mol. The number of nitrogens with one attached hydrogen (secondary N) is 1. The highest BCUT2D eigenvalue weighted by molar-refractivity contribution is 7.11. The second-order valence-corrected chi connectivity index (χ2v) is 6.21. The number of hydrogen-bond donors (Lipinski definition) is 2. The third kappa shape index (κ3) is 4.19. The molecule has 1 aromatic heterocycles. The molecule has 0 saturated heterocycles. The van der Waals surface area contributed by atoms with Crippen molar-refractivity contribution >= 4 is 23.3 Å². The summed E-state index contributed by atoms with van der Waals surface area (Å²) in [5, 5.41) is 12.7. The van der Waals surface area contributed by atoms with Crippen molar-refractivity contribution in [2.75, 3.05) is 13.6 Å². The van der Waals surface area contributed by atoms with Crippen molar-refractivity contribution in [2.24, 2.45) is 5.92 Å². The Morgan fingerprint density at radius 1 is 1.40 bits per heavy atom. The first-order valence-corrected chi connectivity index (χ1v) is 7.22. The van der Waals surface area contributed by atoms with Gasteiger partial charge in [-0.05, 0) is 20.8 Å². The van der Waals surface area contributed by atoms with E-state index in [2.05, 4.69) is 10.3 Å². The van der Waals surface area contributed by atoms with E-state index in [-0.39, 0.29) is 18.6 Å². The number of aliphatic carboxylic acids is 1. The van der Waals surface area contributed by atoms with Crippen LogP contribution >= 0.6 is 11.3 Å². The average Bonchev–Trinajstić information content (AvgIpc) is 2.67. The number of aromatic nitrogens is 1. The Morgan fingerprint density at radius 2 is 2.00 bits per heavy atom. The fourth-order valence-corrected chi connectivity index (χ4v) is 2.81. The molecule has 0 bridgehead atoms. The number of amides is 2. The van der Waals surface area contributed by atoms with Crippen LogP contribution in [-0.2, 0) is 4.79 Å². The molecule has 2 atom stereocenters. The largest absolute Gasteiger partial charge is 0.481 e. The summed E-state index contributed by atoms with van der Waals surface area (Å²) in [4.78, 5) is 29.5. The van der Waals surface area contributed by atoms with Gasteiger partial charge in [-0.25, -0.2) is 9.78 Å². The zero-order valence-corrected chi connectivity index (χ0v) is 13.2. The number of carbonyl (C=O) groups excluding carboxylic acids is 1. The summed E-state index contributed by atoms with van der Waals surface area (Å²) in [6.45, 7) is 7.49. The van der Waals surface area contributed by atoms with E-state index in [0.717, 1.165) is 15.6 Å². The molecule has 0 saturated carbocycles. The molecule has 0 aliphatic rings. The normalized spacial score (nSPS) is 13.7. The molecule has 0 aliphatic heterocycles. The molecule has 0 fully saturated rings. The molecule has 0 aromatic carbocycles. The van der Waals surface area contributed by atoms with Gasteiger partial charge >= 0.3 is 12.0 Å². The van der Waals surface area contributed by atoms with Gasteiger partial charge in [0, 0.05) is 18.5 Å². The van der Waals surface area contributed by atoms with Gasteiger partial charge in [-0.2, -0.15) is 0 Å². The Labute approximate surface area is 122 Å². The number of urea groups is 1. The Bertz CT molecular complexity index is 501. The summed E-state index contributed by atoms with van der Waals surface area (Å²) >= 11 is 1.56. The Morgan fingerprint density at radius 3 is 2.45 bits per heavy atom. The lowest BCUT2D eigenvalue weighted by atomic mass is 10.2. The number of nitrogens with zero attached hydrogens (tertiary/aromatic N) is 2. The quantitative estimate of drug-likeness (QED) is 0.873. The SMILES string of the molecule is Cc1nc(C)c(C(C)NC(=O)N(C)CC(C)C(=O)O)s1. The van der Waals surface area contributed by atoms with Gasteiger partial charge in [-0.1, -0.05) is 6.92 Å². The molecule has 7 heteroatoms. The maximum atomic E-state index is 12.0. The highest BCUT2D eigenvalue weighted by Gasteiger charge is 2.20. The molecule has 112 valence electrons. The van der Waals surface area contributed by atoms with Crippen LogP contribution in [0, 0.1) is 19.8 Å². The minimum Gasteiger partial charge on any atom is -0.481 e. The molecule has 6 nitrogen and oxygen atoms in total. The van der Waals surface area contributed by atoms with Crippen LogP contribution in [0.15, 0.2) is 0 Å². The summed E-state index contributed by atoms with van der Waals surface area (Å²) in [5.41, 5.74) is 0.918. The van der Waals surface area contributed by atoms with Crippen molar-refractivity contribution in [1.82, 2.24) is 15.2 Å². The van der Waals surface area contributed by atoms with E-state index in [1.54, 1.807) is 25.3 Å². The van der Waals surface area contributed by atoms with Crippen LogP contribution in [0.4, 0.5) is 4.79 Å². The van der Waals surface area contributed by atoms with Gasteiger partial charge in [-0.15, -0.1) is 11.3 Å². The summed E-state index contributed by atoms with van der Waals surface area (Å²) < 4.78 is 0.